The Morgan fingerprint density at radius 2 is 1.79 bits per heavy atom. The van der Waals surface area contributed by atoms with Crippen LogP contribution in [0.5, 0.6) is 5.75 Å². The van der Waals surface area contributed by atoms with Crippen LogP contribution in [-0.4, -0.2) is 23.3 Å². The van der Waals surface area contributed by atoms with Crippen LogP contribution < -0.4 is 10.2 Å². The highest BCUT2D eigenvalue weighted by atomic mass is 35.5. The zero-order chi connectivity index (χ0) is 19.3. The van der Waals surface area contributed by atoms with Crippen LogP contribution in [0.2, 0.25) is 5.02 Å². The zero-order valence-corrected chi connectivity index (χ0v) is 15.9. The fourth-order valence-corrected chi connectivity index (χ4v) is 3.03. The molecule has 6 heteroatoms. The molecule has 0 bridgehead atoms. The fraction of sp³-hybridized carbons (Fsp3) is 0.0455. The van der Waals surface area contributed by atoms with Crippen LogP contribution in [0, 0.1) is 0 Å². The number of anilines is 1. The molecular formula is C22H17ClN4O. The van der Waals surface area contributed by atoms with E-state index in [1.54, 1.807) is 13.3 Å². The number of benzene rings is 3. The molecule has 0 saturated heterocycles. The van der Waals surface area contributed by atoms with Crippen LogP contribution in [-0.2, 0) is 0 Å². The van der Waals surface area contributed by atoms with Crippen LogP contribution in [0.1, 0.15) is 5.56 Å². The van der Waals surface area contributed by atoms with Gasteiger partial charge in [0.05, 0.1) is 23.9 Å². The van der Waals surface area contributed by atoms with Crippen LogP contribution in [0.25, 0.3) is 22.3 Å². The van der Waals surface area contributed by atoms with Crippen LogP contribution in [0.3, 0.4) is 0 Å². The highest BCUT2D eigenvalue weighted by Gasteiger charge is 2.11. The number of hydrazone groups is 1. The van der Waals surface area contributed by atoms with Gasteiger partial charge in [0.2, 0.25) is 0 Å². The van der Waals surface area contributed by atoms with Crippen molar-refractivity contribution in [3.63, 3.8) is 0 Å². The number of fused-ring (bicyclic) bond motifs is 1. The Kier molecular flexibility index (Phi) is 5.17. The molecule has 1 N–H and O–H groups in total. The first-order chi connectivity index (χ1) is 13.7. The Balaban J connectivity index is 1.71. The van der Waals surface area contributed by atoms with Crippen LogP contribution >= 0.6 is 11.6 Å². The Morgan fingerprint density at radius 3 is 2.64 bits per heavy atom. The molecule has 1 heterocycles. The molecule has 3 aromatic carbocycles. The SMILES string of the molecule is COc1cccc(/C=N/Nc2nc(-c3ccccc3Cl)nc3ccccc23)c1. The third-order valence-corrected chi connectivity index (χ3v) is 4.53. The summed E-state index contributed by atoms with van der Waals surface area (Å²) in [7, 11) is 1.64. The quantitative estimate of drug-likeness (QED) is 0.367. The van der Waals surface area contributed by atoms with Crippen molar-refractivity contribution in [2.75, 3.05) is 12.5 Å². The van der Waals surface area contributed by atoms with E-state index in [1.807, 2.05) is 72.8 Å². The Labute approximate surface area is 167 Å². The summed E-state index contributed by atoms with van der Waals surface area (Å²) in [6.07, 6.45) is 1.72. The number of nitrogens with one attached hydrogen (secondary N) is 1. The van der Waals surface area contributed by atoms with Gasteiger partial charge < -0.3 is 4.74 Å². The van der Waals surface area contributed by atoms with E-state index < -0.39 is 0 Å². The number of ether oxygens (including phenoxy) is 1. The maximum absolute atomic E-state index is 6.33. The number of rotatable bonds is 5. The van der Waals surface area contributed by atoms with E-state index in [4.69, 9.17) is 16.3 Å². The number of para-hydroxylation sites is 1. The fourth-order valence-electron chi connectivity index (χ4n) is 2.81. The minimum Gasteiger partial charge on any atom is -0.497 e. The number of nitrogens with zero attached hydrogens (tertiary/aromatic N) is 3. The first-order valence-corrected chi connectivity index (χ1v) is 9.07. The Bertz CT molecular complexity index is 1160. The normalized spacial score (nSPS) is 11.1. The zero-order valence-electron chi connectivity index (χ0n) is 15.1. The molecule has 0 aliphatic carbocycles. The van der Waals surface area contributed by atoms with Crippen molar-refractivity contribution in [2.45, 2.75) is 0 Å². The van der Waals surface area contributed by atoms with Crippen molar-refractivity contribution in [3.05, 3.63) is 83.4 Å². The monoisotopic (exact) mass is 388 g/mol. The lowest BCUT2D eigenvalue weighted by molar-refractivity contribution is 0.415. The van der Waals surface area contributed by atoms with Gasteiger partial charge in [-0.2, -0.15) is 5.10 Å². The van der Waals surface area contributed by atoms with Gasteiger partial charge in [0.25, 0.3) is 0 Å². The van der Waals surface area contributed by atoms with Gasteiger partial charge in [-0.05, 0) is 42.0 Å². The first kappa shape index (κ1) is 17.9. The predicted molar refractivity (Wildman–Crippen MR) is 114 cm³/mol. The van der Waals surface area contributed by atoms with Gasteiger partial charge in [-0.1, -0.05) is 48.0 Å². The van der Waals surface area contributed by atoms with Gasteiger partial charge in [0.1, 0.15) is 5.75 Å². The highest BCUT2D eigenvalue weighted by molar-refractivity contribution is 6.33. The molecule has 0 spiro atoms. The molecular weight excluding hydrogens is 372 g/mol. The Hall–Kier alpha value is -3.44. The average Bonchev–Trinajstić information content (AvgIpc) is 2.74. The number of hydrogen-bond donors (Lipinski definition) is 1. The van der Waals surface area contributed by atoms with E-state index in [2.05, 4.69) is 20.5 Å². The largest absolute Gasteiger partial charge is 0.497 e. The summed E-state index contributed by atoms with van der Waals surface area (Å²) in [5.41, 5.74) is 5.54. The van der Waals surface area contributed by atoms with E-state index in [-0.39, 0.29) is 0 Å². The second-order valence-corrected chi connectivity index (χ2v) is 6.45. The number of aromatic nitrogens is 2. The molecule has 4 aromatic rings. The van der Waals surface area contributed by atoms with Crippen molar-refractivity contribution in [1.82, 2.24) is 9.97 Å². The average molecular weight is 389 g/mol. The summed E-state index contributed by atoms with van der Waals surface area (Å²) in [5, 5.41) is 5.82. The van der Waals surface area contributed by atoms with E-state index in [0.717, 1.165) is 27.8 Å². The lowest BCUT2D eigenvalue weighted by Crippen LogP contribution is -1.99. The van der Waals surface area contributed by atoms with Gasteiger partial charge in [0, 0.05) is 10.9 Å². The molecule has 1 aromatic heterocycles. The standard InChI is InChI=1S/C22H17ClN4O/c1-28-16-8-6-7-15(13-16)14-24-27-22-18-10-3-5-12-20(18)25-21(26-22)17-9-2-4-11-19(17)23/h2-14H,1H3,(H,25,26,27)/b24-14+. The van der Waals surface area contributed by atoms with E-state index in [1.165, 1.54) is 0 Å². The van der Waals surface area contributed by atoms with Crippen molar-refractivity contribution >= 4 is 34.5 Å². The first-order valence-electron chi connectivity index (χ1n) is 8.69. The number of methoxy groups -OCH3 is 1. The number of hydrogen-bond acceptors (Lipinski definition) is 5. The summed E-state index contributed by atoms with van der Waals surface area (Å²) >= 11 is 6.33. The van der Waals surface area contributed by atoms with E-state index in [0.29, 0.717) is 16.7 Å². The molecule has 0 aliphatic rings. The lowest BCUT2D eigenvalue weighted by Gasteiger charge is -2.09. The van der Waals surface area contributed by atoms with Crippen molar-refractivity contribution in [2.24, 2.45) is 5.10 Å². The maximum atomic E-state index is 6.33. The molecule has 5 nitrogen and oxygen atoms in total. The van der Waals surface area contributed by atoms with E-state index in [9.17, 15) is 0 Å². The summed E-state index contributed by atoms with van der Waals surface area (Å²) in [6, 6.07) is 22.9. The molecule has 4 rings (SSSR count). The van der Waals surface area contributed by atoms with Crippen LogP contribution in [0.15, 0.2) is 77.9 Å². The predicted octanol–water partition coefficient (Wildman–Crippen LogP) is 5.40. The second-order valence-electron chi connectivity index (χ2n) is 6.04. The van der Waals surface area contributed by atoms with Gasteiger partial charge in [-0.3, -0.25) is 5.43 Å². The van der Waals surface area contributed by atoms with Gasteiger partial charge in [-0.25, -0.2) is 9.97 Å². The topological polar surface area (TPSA) is 59.4 Å². The van der Waals surface area contributed by atoms with Gasteiger partial charge in [-0.15, -0.1) is 0 Å². The molecule has 0 amide bonds. The highest BCUT2D eigenvalue weighted by Crippen LogP contribution is 2.29. The van der Waals surface area contributed by atoms with Gasteiger partial charge in [0.15, 0.2) is 11.6 Å². The van der Waals surface area contributed by atoms with Crippen molar-refractivity contribution in [3.8, 4) is 17.1 Å². The number of halogens is 1. The third-order valence-electron chi connectivity index (χ3n) is 4.20. The van der Waals surface area contributed by atoms with Crippen molar-refractivity contribution < 1.29 is 4.74 Å². The van der Waals surface area contributed by atoms with E-state index >= 15 is 0 Å². The van der Waals surface area contributed by atoms with Gasteiger partial charge >= 0.3 is 0 Å². The summed E-state index contributed by atoms with van der Waals surface area (Å²) in [4.78, 5) is 9.30. The maximum Gasteiger partial charge on any atom is 0.163 e. The smallest absolute Gasteiger partial charge is 0.163 e. The molecule has 0 radical (unpaired) electrons. The minimum atomic E-state index is 0.545. The molecule has 0 atom stereocenters. The van der Waals surface area contributed by atoms with Crippen LogP contribution in [0.4, 0.5) is 5.82 Å². The van der Waals surface area contributed by atoms with Crippen molar-refractivity contribution in [1.29, 1.82) is 0 Å². The third kappa shape index (κ3) is 3.80. The molecule has 0 fully saturated rings. The Morgan fingerprint density at radius 1 is 0.964 bits per heavy atom. The molecule has 138 valence electrons. The molecule has 0 saturated carbocycles. The molecule has 0 aliphatic heterocycles. The summed E-state index contributed by atoms with van der Waals surface area (Å²) in [5.74, 6) is 1.93. The summed E-state index contributed by atoms with van der Waals surface area (Å²) < 4.78 is 5.24. The molecule has 0 unspecified atom stereocenters. The second kappa shape index (κ2) is 8.06. The summed E-state index contributed by atoms with van der Waals surface area (Å²) in [6.45, 7) is 0. The molecule has 28 heavy (non-hydrogen) atoms. The lowest BCUT2D eigenvalue weighted by atomic mass is 10.2. The minimum absolute atomic E-state index is 0.545.